The molecule has 2 aliphatic heterocycles. The fraction of sp³-hybridized carbons (Fsp3) is 0.688. The summed E-state index contributed by atoms with van der Waals surface area (Å²) in [4.78, 5) is 26.6. The number of hydrogen-bond acceptors (Lipinski definition) is 7. The first kappa shape index (κ1) is 17.1. The number of morpholine rings is 1. The van der Waals surface area contributed by atoms with Crippen LogP contribution in [0.3, 0.4) is 0 Å². The second kappa shape index (κ2) is 7.42. The number of hydrogen-bond donors (Lipinski definition) is 0. The fourth-order valence-electron chi connectivity index (χ4n) is 3.10. The predicted octanol–water partition coefficient (Wildman–Crippen LogP) is -0.528. The van der Waals surface area contributed by atoms with Crippen molar-refractivity contribution in [2.75, 3.05) is 71.5 Å². The molecule has 8 nitrogen and oxygen atoms in total. The van der Waals surface area contributed by atoms with Gasteiger partial charge in [0.2, 0.25) is 11.9 Å². The maximum atomic E-state index is 12.1. The second-order valence-corrected chi connectivity index (χ2v) is 6.55. The molecule has 3 rings (SSSR count). The topological polar surface area (TPSA) is 71.0 Å². The standard InChI is InChI=1S/C16H25N5O3/c1-19(2)14(22)10-20-6-8-23-13-16(11-20)12-21(7-9-24-16)15-17-4-3-5-18-15/h3-5H,6-13H2,1-2H3/t16-/m0/s1. The van der Waals surface area contributed by atoms with Crippen LogP contribution in [0.1, 0.15) is 0 Å². The number of nitrogens with zero attached hydrogens (tertiary/aromatic N) is 5. The van der Waals surface area contributed by atoms with Crippen LogP contribution in [0, 0.1) is 0 Å². The smallest absolute Gasteiger partial charge is 0.236 e. The van der Waals surface area contributed by atoms with Crippen molar-refractivity contribution < 1.29 is 14.3 Å². The number of ether oxygens (including phenoxy) is 2. The summed E-state index contributed by atoms with van der Waals surface area (Å²) < 4.78 is 11.9. The minimum atomic E-state index is -0.458. The first-order valence-electron chi connectivity index (χ1n) is 8.24. The highest BCUT2D eigenvalue weighted by molar-refractivity contribution is 5.77. The van der Waals surface area contributed by atoms with Gasteiger partial charge < -0.3 is 19.3 Å². The van der Waals surface area contributed by atoms with E-state index < -0.39 is 5.60 Å². The predicted molar refractivity (Wildman–Crippen MR) is 88.9 cm³/mol. The van der Waals surface area contributed by atoms with Crippen LogP contribution >= 0.6 is 0 Å². The third kappa shape index (κ3) is 4.00. The Labute approximate surface area is 142 Å². The van der Waals surface area contributed by atoms with Crippen molar-refractivity contribution in [3.63, 3.8) is 0 Å². The third-order valence-corrected chi connectivity index (χ3v) is 4.37. The fourth-order valence-corrected chi connectivity index (χ4v) is 3.10. The number of carbonyl (C=O) groups excluding carboxylic acids is 1. The molecule has 3 heterocycles. The first-order valence-corrected chi connectivity index (χ1v) is 8.24. The number of rotatable bonds is 3. The van der Waals surface area contributed by atoms with Crippen molar-refractivity contribution in [2.24, 2.45) is 0 Å². The summed E-state index contributed by atoms with van der Waals surface area (Å²) in [7, 11) is 3.55. The van der Waals surface area contributed by atoms with Gasteiger partial charge >= 0.3 is 0 Å². The van der Waals surface area contributed by atoms with E-state index in [-0.39, 0.29) is 5.91 Å². The summed E-state index contributed by atoms with van der Waals surface area (Å²) in [6.45, 7) is 4.89. The highest BCUT2D eigenvalue weighted by atomic mass is 16.5. The van der Waals surface area contributed by atoms with E-state index in [1.165, 1.54) is 0 Å². The van der Waals surface area contributed by atoms with Crippen LogP contribution in [0.2, 0.25) is 0 Å². The molecule has 1 amide bonds. The maximum absolute atomic E-state index is 12.1. The largest absolute Gasteiger partial charge is 0.377 e. The van der Waals surface area contributed by atoms with E-state index in [0.717, 1.165) is 13.1 Å². The maximum Gasteiger partial charge on any atom is 0.236 e. The van der Waals surface area contributed by atoms with E-state index in [1.54, 1.807) is 31.4 Å². The Morgan fingerprint density at radius 3 is 2.79 bits per heavy atom. The van der Waals surface area contributed by atoms with E-state index in [2.05, 4.69) is 19.8 Å². The molecule has 2 saturated heterocycles. The Balaban J connectivity index is 1.71. The van der Waals surface area contributed by atoms with Gasteiger partial charge in [-0.15, -0.1) is 0 Å². The van der Waals surface area contributed by atoms with E-state index >= 15 is 0 Å². The van der Waals surface area contributed by atoms with Crippen LogP contribution in [-0.2, 0) is 14.3 Å². The van der Waals surface area contributed by atoms with E-state index in [0.29, 0.717) is 45.4 Å². The highest BCUT2D eigenvalue weighted by Gasteiger charge is 2.41. The molecular weight excluding hydrogens is 310 g/mol. The molecule has 0 unspecified atom stereocenters. The number of aromatic nitrogens is 2. The zero-order chi connectivity index (χ0) is 17.0. The highest BCUT2D eigenvalue weighted by Crippen LogP contribution is 2.24. The summed E-state index contributed by atoms with van der Waals surface area (Å²) >= 11 is 0. The molecule has 8 heteroatoms. The van der Waals surface area contributed by atoms with Gasteiger partial charge in [-0.1, -0.05) is 0 Å². The van der Waals surface area contributed by atoms with Crippen LogP contribution in [0.5, 0.6) is 0 Å². The number of likely N-dealkylation sites (N-methyl/N-ethyl adjacent to an activating group) is 1. The Morgan fingerprint density at radius 2 is 2.04 bits per heavy atom. The first-order chi connectivity index (χ1) is 11.6. The Kier molecular flexibility index (Phi) is 5.27. The van der Waals surface area contributed by atoms with E-state index in [9.17, 15) is 4.79 Å². The summed E-state index contributed by atoms with van der Waals surface area (Å²) in [5.41, 5.74) is -0.458. The van der Waals surface area contributed by atoms with Crippen molar-refractivity contribution in [2.45, 2.75) is 5.60 Å². The minimum Gasteiger partial charge on any atom is -0.377 e. The molecule has 1 aromatic rings. The van der Waals surface area contributed by atoms with Crippen LogP contribution in [0.4, 0.5) is 5.95 Å². The Hall–Kier alpha value is -1.77. The molecule has 1 spiro atoms. The SMILES string of the molecule is CN(C)C(=O)CN1CCOC[C@]2(C1)CN(c1ncccn1)CCO2. The molecule has 2 aliphatic rings. The van der Waals surface area contributed by atoms with E-state index in [4.69, 9.17) is 9.47 Å². The van der Waals surface area contributed by atoms with Crippen molar-refractivity contribution >= 4 is 11.9 Å². The average molecular weight is 335 g/mol. The lowest BCUT2D eigenvalue weighted by atomic mass is 10.0. The molecular formula is C16H25N5O3. The van der Waals surface area contributed by atoms with Gasteiger partial charge in [0.15, 0.2) is 0 Å². The van der Waals surface area contributed by atoms with Crippen molar-refractivity contribution in [1.82, 2.24) is 19.8 Å². The lowest BCUT2D eigenvalue weighted by molar-refractivity contribution is -0.131. The monoisotopic (exact) mass is 335 g/mol. The van der Waals surface area contributed by atoms with Gasteiger partial charge in [-0.25, -0.2) is 9.97 Å². The van der Waals surface area contributed by atoms with Crippen LogP contribution in [0.15, 0.2) is 18.5 Å². The van der Waals surface area contributed by atoms with Gasteiger partial charge in [0.1, 0.15) is 5.60 Å². The molecule has 0 N–H and O–H groups in total. The average Bonchev–Trinajstić information content (AvgIpc) is 2.77. The molecule has 24 heavy (non-hydrogen) atoms. The zero-order valence-corrected chi connectivity index (χ0v) is 14.3. The second-order valence-electron chi connectivity index (χ2n) is 6.55. The van der Waals surface area contributed by atoms with Gasteiger partial charge in [0, 0.05) is 46.1 Å². The van der Waals surface area contributed by atoms with Gasteiger partial charge in [0.05, 0.1) is 32.9 Å². The third-order valence-electron chi connectivity index (χ3n) is 4.37. The van der Waals surface area contributed by atoms with Gasteiger partial charge in [0.25, 0.3) is 0 Å². The zero-order valence-electron chi connectivity index (χ0n) is 14.3. The summed E-state index contributed by atoms with van der Waals surface area (Å²) in [5, 5.41) is 0. The Morgan fingerprint density at radius 1 is 1.25 bits per heavy atom. The molecule has 1 aromatic heterocycles. The summed E-state index contributed by atoms with van der Waals surface area (Å²) in [6, 6.07) is 1.81. The molecule has 0 radical (unpaired) electrons. The summed E-state index contributed by atoms with van der Waals surface area (Å²) in [5.74, 6) is 0.798. The molecule has 1 atom stereocenters. The van der Waals surface area contributed by atoms with E-state index in [1.807, 2.05) is 6.07 Å². The lowest BCUT2D eigenvalue weighted by Gasteiger charge is -2.43. The van der Waals surface area contributed by atoms with Crippen LogP contribution in [-0.4, -0.2) is 97.9 Å². The normalized spacial score (nSPS) is 25.5. The molecule has 0 aliphatic carbocycles. The molecule has 2 fully saturated rings. The molecule has 0 bridgehead atoms. The minimum absolute atomic E-state index is 0.0890. The van der Waals surface area contributed by atoms with Crippen molar-refractivity contribution in [1.29, 1.82) is 0 Å². The lowest BCUT2D eigenvalue weighted by Crippen LogP contribution is -2.59. The van der Waals surface area contributed by atoms with Gasteiger partial charge in [-0.05, 0) is 6.07 Å². The molecule has 0 aromatic carbocycles. The van der Waals surface area contributed by atoms with Gasteiger partial charge in [-0.2, -0.15) is 0 Å². The molecule has 0 saturated carbocycles. The summed E-state index contributed by atoms with van der Waals surface area (Å²) in [6.07, 6.45) is 3.49. The van der Waals surface area contributed by atoms with Crippen LogP contribution in [0.25, 0.3) is 0 Å². The molecule has 132 valence electrons. The quantitative estimate of drug-likeness (QED) is 0.735. The van der Waals surface area contributed by atoms with Crippen molar-refractivity contribution in [3.8, 4) is 0 Å². The van der Waals surface area contributed by atoms with Crippen molar-refractivity contribution in [3.05, 3.63) is 18.5 Å². The number of amides is 1. The van der Waals surface area contributed by atoms with Gasteiger partial charge in [-0.3, -0.25) is 9.69 Å². The Bertz CT molecular complexity index is 556. The number of anilines is 1. The van der Waals surface area contributed by atoms with Crippen LogP contribution < -0.4 is 4.90 Å². The number of carbonyl (C=O) groups is 1.